The first-order chi connectivity index (χ1) is 13.2. The number of aromatic nitrogens is 1. The molecule has 1 aromatic heterocycles. The van der Waals surface area contributed by atoms with Gasteiger partial charge in [0.15, 0.2) is 0 Å². The summed E-state index contributed by atoms with van der Waals surface area (Å²) in [5.41, 5.74) is 3.15. The molecule has 0 unspecified atom stereocenters. The highest BCUT2D eigenvalue weighted by Gasteiger charge is 2.00. The number of benzene rings is 2. The Morgan fingerprint density at radius 3 is 2.70 bits per heavy atom. The molecule has 27 heavy (non-hydrogen) atoms. The highest BCUT2D eigenvalue weighted by atomic mass is 16.5. The third-order valence-corrected chi connectivity index (χ3v) is 3.72. The first kappa shape index (κ1) is 18.0. The minimum atomic E-state index is -0.223. The van der Waals surface area contributed by atoms with Crippen LogP contribution in [0.1, 0.15) is 16.8 Å². The molecule has 0 aliphatic rings. The molecule has 3 aromatic rings. The number of ether oxygens (including phenoxy) is 1. The predicted octanol–water partition coefficient (Wildman–Crippen LogP) is 4.29. The van der Waals surface area contributed by atoms with E-state index in [9.17, 15) is 4.79 Å². The number of nitrogens with one attached hydrogen (secondary N) is 1. The largest absolute Gasteiger partial charge is 0.487 e. The molecule has 1 heterocycles. The van der Waals surface area contributed by atoms with Gasteiger partial charge in [0.25, 0.3) is 0 Å². The molecule has 0 aliphatic heterocycles. The molecular weight excluding hydrogens is 336 g/mol. The average Bonchev–Trinajstić information content (AvgIpc) is 2.72. The van der Waals surface area contributed by atoms with Crippen molar-refractivity contribution >= 4 is 17.7 Å². The van der Waals surface area contributed by atoms with E-state index >= 15 is 0 Å². The number of hydrogen-bond acceptors (Lipinski definition) is 3. The summed E-state index contributed by atoms with van der Waals surface area (Å²) in [7, 11) is 0. The van der Waals surface area contributed by atoms with Crippen LogP contribution in [0.25, 0.3) is 6.08 Å². The van der Waals surface area contributed by atoms with Gasteiger partial charge in [-0.15, -0.1) is 6.42 Å². The number of amides is 1. The smallest absolute Gasteiger partial charge is 0.248 e. The van der Waals surface area contributed by atoms with Crippen molar-refractivity contribution in [3.05, 3.63) is 95.8 Å². The van der Waals surface area contributed by atoms with E-state index in [1.54, 1.807) is 30.5 Å². The fourth-order valence-electron chi connectivity index (χ4n) is 2.36. The maximum Gasteiger partial charge on any atom is 0.248 e. The number of carbonyl (C=O) groups is 1. The quantitative estimate of drug-likeness (QED) is 0.531. The lowest BCUT2D eigenvalue weighted by Crippen LogP contribution is -2.07. The number of terminal acetylenes is 1. The van der Waals surface area contributed by atoms with E-state index in [2.05, 4.69) is 16.2 Å². The molecule has 132 valence electrons. The third-order valence-electron chi connectivity index (χ3n) is 3.72. The second-order valence-electron chi connectivity index (χ2n) is 5.73. The number of nitrogens with zero attached hydrogens (tertiary/aromatic N) is 1. The highest BCUT2D eigenvalue weighted by molar-refractivity contribution is 6.02. The molecule has 4 nitrogen and oxygen atoms in total. The molecular formula is C23H18N2O2. The van der Waals surface area contributed by atoms with Crippen molar-refractivity contribution < 1.29 is 9.53 Å². The Morgan fingerprint density at radius 2 is 1.96 bits per heavy atom. The monoisotopic (exact) mass is 354 g/mol. The van der Waals surface area contributed by atoms with E-state index in [1.807, 2.05) is 48.5 Å². The van der Waals surface area contributed by atoms with Crippen molar-refractivity contribution in [3.63, 3.8) is 0 Å². The molecule has 3 rings (SSSR count). The van der Waals surface area contributed by atoms with E-state index in [-0.39, 0.29) is 5.91 Å². The number of carbonyl (C=O) groups excluding carboxylic acids is 1. The van der Waals surface area contributed by atoms with Crippen LogP contribution in [0.3, 0.4) is 0 Å². The number of hydrogen-bond donors (Lipinski definition) is 1. The van der Waals surface area contributed by atoms with Gasteiger partial charge in [-0.05, 0) is 54.1 Å². The van der Waals surface area contributed by atoms with Gasteiger partial charge in [0.05, 0.1) is 5.69 Å². The average molecular weight is 354 g/mol. The van der Waals surface area contributed by atoms with Crippen LogP contribution in [0.5, 0.6) is 5.75 Å². The Labute approximate surface area is 158 Å². The Balaban J connectivity index is 1.54. The van der Waals surface area contributed by atoms with Gasteiger partial charge in [-0.25, -0.2) is 0 Å². The summed E-state index contributed by atoms with van der Waals surface area (Å²) >= 11 is 0. The molecule has 4 heteroatoms. The van der Waals surface area contributed by atoms with Crippen LogP contribution in [0.2, 0.25) is 0 Å². The summed E-state index contributed by atoms with van der Waals surface area (Å²) in [6.07, 6.45) is 10.3. The van der Waals surface area contributed by atoms with Crippen LogP contribution in [-0.4, -0.2) is 10.9 Å². The first-order valence-corrected chi connectivity index (χ1v) is 8.41. The molecule has 0 spiro atoms. The van der Waals surface area contributed by atoms with Crippen molar-refractivity contribution in [1.82, 2.24) is 4.98 Å². The fourth-order valence-corrected chi connectivity index (χ4v) is 2.36. The van der Waals surface area contributed by atoms with Crippen molar-refractivity contribution in [2.45, 2.75) is 6.61 Å². The molecule has 0 aliphatic carbocycles. The van der Waals surface area contributed by atoms with E-state index in [1.165, 1.54) is 6.08 Å². The van der Waals surface area contributed by atoms with Gasteiger partial charge in [0.1, 0.15) is 12.4 Å². The van der Waals surface area contributed by atoms with Gasteiger partial charge in [-0.3, -0.25) is 9.78 Å². The lowest BCUT2D eigenvalue weighted by molar-refractivity contribution is -0.111. The second-order valence-corrected chi connectivity index (χ2v) is 5.73. The Hall–Kier alpha value is -3.84. The number of rotatable bonds is 6. The lowest BCUT2D eigenvalue weighted by Gasteiger charge is -2.06. The van der Waals surface area contributed by atoms with Crippen LogP contribution < -0.4 is 10.1 Å². The maximum absolute atomic E-state index is 12.0. The fraction of sp³-hybridized carbons (Fsp3) is 0.0435. The van der Waals surface area contributed by atoms with Crippen molar-refractivity contribution in [2.75, 3.05) is 5.32 Å². The molecule has 0 atom stereocenters. The molecule has 0 saturated heterocycles. The molecule has 0 fully saturated rings. The Bertz CT molecular complexity index is 971. The Kier molecular flexibility index (Phi) is 6.00. The molecule has 0 saturated carbocycles. The van der Waals surface area contributed by atoms with Gasteiger partial charge in [0, 0.05) is 23.5 Å². The Morgan fingerprint density at radius 1 is 1.11 bits per heavy atom. The summed E-state index contributed by atoms with van der Waals surface area (Å²) in [6, 6.07) is 20.3. The minimum Gasteiger partial charge on any atom is -0.487 e. The zero-order valence-electron chi connectivity index (χ0n) is 14.6. The highest BCUT2D eigenvalue weighted by Crippen LogP contribution is 2.15. The minimum absolute atomic E-state index is 0.223. The normalized spacial score (nSPS) is 10.3. The molecule has 0 bridgehead atoms. The van der Waals surface area contributed by atoms with Crippen molar-refractivity contribution in [2.24, 2.45) is 0 Å². The number of anilines is 1. The zero-order chi connectivity index (χ0) is 18.9. The second kappa shape index (κ2) is 9.02. The predicted molar refractivity (Wildman–Crippen MR) is 107 cm³/mol. The summed E-state index contributed by atoms with van der Waals surface area (Å²) in [4.78, 5) is 16.2. The van der Waals surface area contributed by atoms with E-state index in [0.717, 1.165) is 22.6 Å². The topological polar surface area (TPSA) is 51.2 Å². The van der Waals surface area contributed by atoms with Gasteiger partial charge in [-0.1, -0.05) is 30.2 Å². The molecule has 0 radical (unpaired) electrons. The van der Waals surface area contributed by atoms with Crippen LogP contribution in [0.15, 0.2) is 79.0 Å². The van der Waals surface area contributed by atoms with Crippen LogP contribution in [0, 0.1) is 12.3 Å². The molecule has 2 aromatic carbocycles. The van der Waals surface area contributed by atoms with Gasteiger partial charge in [-0.2, -0.15) is 0 Å². The van der Waals surface area contributed by atoms with E-state index < -0.39 is 0 Å². The summed E-state index contributed by atoms with van der Waals surface area (Å²) < 4.78 is 5.69. The lowest BCUT2D eigenvalue weighted by atomic mass is 10.2. The number of pyridine rings is 1. The van der Waals surface area contributed by atoms with Crippen LogP contribution in [0.4, 0.5) is 5.69 Å². The molecule has 1 amide bonds. The SMILES string of the molecule is C#Cc1cccc(NC(=O)/C=C/c2ccc(OCc3ccccn3)cc2)c1. The standard InChI is InChI=1S/C23H18N2O2/c1-2-18-6-5-8-20(16-18)25-23(26)14-11-19-9-12-22(13-10-19)27-17-21-7-3-4-15-24-21/h1,3-16H,17H2,(H,25,26)/b14-11+. The van der Waals surface area contributed by atoms with Gasteiger partial charge < -0.3 is 10.1 Å². The van der Waals surface area contributed by atoms with Crippen molar-refractivity contribution in [3.8, 4) is 18.1 Å². The van der Waals surface area contributed by atoms with E-state index in [4.69, 9.17) is 11.2 Å². The maximum atomic E-state index is 12.0. The van der Waals surface area contributed by atoms with Gasteiger partial charge >= 0.3 is 0 Å². The summed E-state index contributed by atoms with van der Waals surface area (Å²) in [6.45, 7) is 0.412. The van der Waals surface area contributed by atoms with Crippen LogP contribution in [-0.2, 0) is 11.4 Å². The third kappa shape index (κ3) is 5.58. The van der Waals surface area contributed by atoms with Gasteiger partial charge in [0.2, 0.25) is 5.91 Å². The summed E-state index contributed by atoms with van der Waals surface area (Å²) in [5.74, 6) is 3.06. The van der Waals surface area contributed by atoms with Crippen LogP contribution >= 0.6 is 0 Å². The summed E-state index contributed by atoms with van der Waals surface area (Å²) in [5, 5.41) is 2.78. The first-order valence-electron chi connectivity index (χ1n) is 8.41. The molecule has 1 N–H and O–H groups in total. The zero-order valence-corrected chi connectivity index (χ0v) is 14.6. The van der Waals surface area contributed by atoms with Crippen molar-refractivity contribution in [1.29, 1.82) is 0 Å². The van der Waals surface area contributed by atoms with E-state index in [0.29, 0.717) is 12.3 Å².